The number of carbonyl (C=O) groups is 1. The molecular formula is C14H21NO4. The highest BCUT2D eigenvalue weighted by atomic mass is 16.5. The van der Waals surface area contributed by atoms with Gasteiger partial charge in [-0.1, -0.05) is 13.8 Å². The molecular weight excluding hydrogens is 246 g/mol. The predicted octanol–water partition coefficient (Wildman–Crippen LogP) is 1.78. The van der Waals surface area contributed by atoms with Gasteiger partial charge in [-0.05, 0) is 18.1 Å². The molecule has 106 valence electrons. The largest absolute Gasteiger partial charge is 0.496 e. The maximum atomic E-state index is 10.9. The van der Waals surface area contributed by atoms with E-state index in [4.69, 9.17) is 20.3 Å². The van der Waals surface area contributed by atoms with Crippen LogP contribution in [-0.4, -0.2) is 31.3 Å². The second kappa shape index (κ2) is 6.43. The number of aliphatic carboxylic acids is 1. The highest BCUT2D eigenvalue weighted by molar-refractivity contribution is 5.74. The second-order valence-electron chi connectivity index (χ2n) is 4.67. The van der Waals surface area contributed by atoms with E-state index in [0.29, 0.717) is 5.75 Å². The van der Waals surface area contributed by atoms with Gasteiger partial charge in [-0.3, -0.25) is 4.79 Å². The first kappa shape index (κ1) is 15.3. The average Bonchev–Trinajstić information content (AvgIpc) is 2.37. The van der Waals surface area contributed by atoms with E-state index in [-0.39, 0.29) is 12.3 Å². The molecule has 1 unspecified atom stereocenters. The van der Waals surface area contributed by atoms with Crippen molar-refractivity contribution in [3.05, 3.63) is 23.3 Å². The van der Waals surface area contributed by atoms with E-state index in [9.17, 15) is 4.79 Å². The molecule has 0 aliphatic rings. The maximum absolute atomic E-state index is 10.9. The van der Waals surface area contributed by atoms with Gasteiger partial charge in [0.2, 0.25) is 0 Å². The van der Waals surface area contributed by atoms with Crippen LogP contribution in [0.3, 0.4) is 0 Å². The van der Waals surface area contributed by atoms with Crippen LogP contribution in [0.2, 0.25) is 0 Å². The minimum Gasteiger partial charge on any atom is -0.496 e. The number of hydrogen-bond donors (Lipinski definition) is 2. The third-order valence-electron chi connectivity index (χ3n) is 3.03. The second-order valence-corrected chi connectivity index (χ2v) is 4.67. The van der Waals surface area contributed by atoms with Crippen molar-refractivity contribution < 1.29 is 19.4 Å². The van der Waals surface area contributed by atoms with Gasteiger partial charge in [-0.15, -0.1) is 0 Å². The van der Waals surface area contributed by atoms with Crippen molar-refractivity contribution in [2.24, 2.45) is 5.73 Å². The van der Waals surface area contributed by atoms with Crippen molar-refractivity contribution in [1.82, 2.24) is 0 Å². The van der Waals surface area contributed by atoms with E-state index in [0.717, 1.165) is 16.9 Å². The van der Waals surface area contributed by atoms with Crippen LogP contribution in [0.15, 0.2) is 12.1 Å². The summed E-state index contributed by atoms with van der Waals surface area (Å²) in [5.41, 5.74) is 7.38. The third kappa shape index (κ3) is 3.38. The molecule has 0 aromatic heterocycles. The monoisotopic (exact) mass is 267 g/mol. The molecule has 0 bridgehead atoms. The molecule has 0 aliphatic heterocycles. The molecule has 1 aromatic carbocycles. The molecule has 5 heteroatoms. The van der Waals surface area contributed by atoms with Crippen molar-refractivity contribution in [1.29, 1.82) is 0 Å². The molecule has 19 heavy (non-hydrogen) atoms. The molecule has 0 saturated carbocycles. The van der Waals surface area contributed by atoms with Gasteiger partial charge in [-0.25, -0.2) is 0 Å². The number of benzene rings is 1. The van der Waals surface area contributed by atoms with Crippen molar-refractivity contribution in [2.45, 2.75) is 32.2 Å². The first-order chi connectivity index (χ1) is 8.92. The lowest BCUT2D eigenvalue weighted by Crippen LogP contribution is -2.32. The van der Waals surface area contributed by atoms with Gasteiger partial charge in [0.15, 0.2) is 0 Å². The fourth-order valence-corrected chi connectivity index (χ4v) is 2.14. The smallest absolute Gasteiger partial charge is 0.320 e. The topological polar surface area (TPSA) is 81.8 Å². The molecule has 0 aliphatic carbocycles. The highest BCUT2D eigenvalue weighted by Crippen LogP contribution is 2.36. The van der Waals surface area contributed by atoms with Crippen molar-refractivity contribution in [3.63, 3.8) is 0 Å². The minimum absolute atomic E-state index is 0.182. The van der Waals surface area contributed by atoms with E-state index in [1.807, 2.05) is 19.9 Å². The Bertz CT molecular complexity index is 457. The molecule has 1 aromatic rings. The summed E-state index contributed by atoms with van der Waals surface area (Å²) in [4.78, 5) is 10.9. The summed E-state index contributed by atoms with van der Waals surface area (Å²) in [5.74, 6) is 0.519. The lowest BCUT2D eigenvalue weighted by molar-refractivity contribution is -0.138. The van der Waals surface area contributed by atoms with Crippen LogP contribution < -0.4 is 15.2 Å². The lowest BCUT2D eigenvalue weighted by atomic mass is 9.91. The zero-order valence-electron chi connectivity index (χ0n) is 11.8. The van der Waals surface area contributed by atoms with Crippen molar-refractivity contribution >= 4 is 5.97 Å². The molecule has 0 spiro atoms. The highest BCUT2D eigenvalue weighted by Gasteiger charge is 2.22. The summed E-state index contributed by atoms with van der Waals surface area (Å²) < 4.78 is 10.7. The number of rotatable bonds is 6. The van der Waals surface area contributed by atoms with Crippen LogP contribution in [0.5, 0.6) is 11.5 Å². The van der Waals surface area contributed by atoms with E-state index >= 15 is 0 Å². The summed E-state index contributed by atoms with van der Waals surface area (Å²) in [7, 11) is 3.15. The Labute approximate surface area is 113 Å². The summed E-state index contributed by atoms with van der Waals surface area (Å²) in [5, 5.41) is 8.97. The number of carboxylic acids is 1. The van der Waals surface area contributed by atoms with Crippen LogP contribution >= 0.6 is 0 Å². The molecule has 0 saturated heterocycles. The number of carboxylic acid groups (broad SMARTS) is 1. The fraction of sp³-hybridized carbons (Fsp3) is 0.500. The Balaban J connectivity index is 3.34. The van der Waals surface area contributed by atoms with Gasteiger partial charge in [-0.2, -0.15) is 0 Å². The first-order valence-corrected chi connectivity index (χ1v) is 6.14. The van der Waals surface area contributed by atoms with Gasteiger partial charge < -0.3 is 20.3 Å². The van der Waals surface area contributed by atoms with Gasteiger partial charge in [0.25, 0.3) is 0 Å². The quantitative estimate of drug-likeness (QED) is 0.821. The van der Waals surface area contributed by atoms with Crippen LogP contribution in [0.25, 0.3) is 0 Å². The maximum Gasteiger partial charge on any atom is 0.320 e. The molecule has 0 amide bonds. The molecule has 3 N–H and O–H groups in total. The predicted molar refractivity (Wildman–Crippen MR) is 73.0 cm³/mol. The number of nitrogens with two attached hydrogens (primary N) is 1. The van der Waals surface area contributed by atoms with Crippen molar-refractivity contribution in [2.75, 3.05) is 14.2 Å². The zero-order valence-corrected chi connectivity index (χ0v) is 11.8. The Morgan fingerprint density at radius 1 is 1.26 bits per heavy atom. The summed E-state index contributed by atoms with van der Waals surface area (Å²) in [6.07, 6.45) is 0.212. The summed E-state index contributed by atoms with van der Waals surface area (Å²) >= 11 is 0. The normalized spacial score (nSPS) is 12.3. The van der Waals surface area contributed by atoms with Gasteiger partial charge in [0.1, 0.15) is 17.5 Å². The third-order valence-corrected chi connectivity index (χ3v) is 3.03. The van der Waals surface area contributed by atoms with Crippen LogP contribution in [-0.2, 0) is 11.2 Å². The average molecular weight is 267 g/mol. The molecule has 0 radical (unpaired) electrons. The molecule has 0 fully saturated rings. The van der Waals surface area contributed by atoms with E-state index in [1.54, 1.807) is 20.3 Å². The van der Waals surface area contributed by atoms with E-state index in [1.165, 1.54) is 0 Å². The minimum atomic E-state index is -1.03. The van der Waals surface area contributed by atoms with Gasteiger partial charge >= 0.3 is 5.97 Å². The Kier molecular flexibility index (Phi) is 5.18. The van der Waals surface area contributed by atoms with E-state index < -0.39 is 12.0 Å². The molecule has 0 heterocycles. The lowest BCUT2D eigenvalue weighted by Gasteiger charge is -2.21. The number of hydrogen-bond acceptors (Lipinski definition) is 4. The Morgan fingerprint density at radius 3 is 2.21 bits per heavy atom. The van der Waals surface area contributed by atoms with Gasteiger partial charge in [0.05, 0.1) is 14.2 Å². The van der Waals surface area contributed by atoms with Crippen molar-refractivity contribution in [3.8, 4) is 11.5 Å². The molecule has 1 rings (SSSR count). The SMILES string of the molecule is COc1ccc(OC)c(C(C)C)c1CC(N)C(=O)O. The number of ether oxygens (including phenoxy) is 2. The standard InChI is InChI=1S/C14H21NO4/c1-8(2)13-9(7-10(15)14(16)17)11(18-3)5-6-12(13)19-4/h5-6,8,10H,7,15H2,1-4H3,(H,16,17). The van der Waals surface area contributed by atoms with Crippen LogP contribution in [0, 0.1) is 0 Å². The molecule has 5 nitrogen and oxygen atoms in total. The van der Waals surface area contributed by atoms with Crippen LogP contribution in [0.4, 0.5) is 0 Å². The zero-order chi connectivity index (χ0) is 14.6. The van der Waals surface area contributed by atoms with Gasteiger partial charge in [0, 0.05) is 17.5 Å². The fourth-order valence-electron chi connectivity index (χ4n) is 2.14. The first-order valence-electron chi connectivity index (χ1n) is 6.14. The summed E-state index contributed by atoms with van der Waals surface area (Å²) in [6, 6.07) is 2.64. The Hall–Kier alpha value is -1.75. The van der Waals surface area contributed by atoms with Crippen LogP contribution in [0.1, 0.15) is 30.9 Å². The summed E-state index contributed by atoms with van der Waals surface area (Å²) in [6.45, 7) is 4.04. The van der Waals surface area contributed by atoms with E-state index in [2.05, 4.69) is 0 Å². The molecule has 1 atom stereocenters. The Morgan fingerprint density at radius 2 is 1.79 bits per heavy atom. The number of methoxy groups -OCH3 is 2.